The second-order valence-corrected chi connectivity index (χ2v) is 6.91. The molecule has 0 spiro atoms. The normalized spacial score (nSPS) is 23.6. The minimum atomic E-state index is -2.86. The van der Waals surface area contributed by atoms with Crippen LogP contribution in [0.3, 0.4) is 0 Å². The van der Waals surface area contributed by atoms with Gasteiger partial charge in [-0.2, -0.15) is 0 Å². The van der Waals surface area contributed by atoms with Crippen molar-refractivity contribution < 1.29 is 13.2 Å². The molecular weight excluding hydrogens is 228 g/mol. The number of sulfone groups is 1. The van der Waals surface area contributed by atoms with Gasteiger partial charge in [0, 0.05) is 12.6 Å². The summed E-state index contributed by atoms with van der Waals surface area (Å²) in [6.45, 7) is 4.91. The molecule has 0 aliphatic carbocycles. The summed E-state index contributed by atoms with van der Waals surface area (Å²) in [5, 5.41) is 5.75. The minimum absolute atomic E-state index is 0.0604. The van der Waals surface area contributed by atoms with Crippen molar-refractivity contribution in [2.24, 2.45) is 5.92 Å². The predicted octanol–water partition coefficient (Wildman–Crippen LogP) is -0.465. The molecule has 1 aliphatic rings. The molecule has 6 heteroatoms. The summed E-state index contributed by atoms with van der Waals surface area (Å²) in [7, 11) is -2.86. The Labute approximate surface area is 96.9 Å². The van der Waals surface area contributed by atoms with E-state index in [1.165, 1.54) is 0 Å². The standard InChI is InChI=1S/C10H20N2O3S/c1-8(2)5-12-10(13)6-11-9-3-4-16(14,15)7-9/h8-9,11H,3-7H2,1-2H3,(H,12,13). The third-order valence-corrected chi connectivity index (χ3v) is 4.26. The van der Waals surface area contributed by atoms with Crippen LogP contribution in [0.2, 0.25) is 0 Å². The summed E-state index contributed by atoms with van der Waals surface area (Å²) in [5.41, 5.74) is 0. The van der Waals surface area contributed by atoms with E-state index in [1.54, 1.807) is 0 Å². The second-order valence-electron chi connectivity index (χ2n) is 4.68. The first-order valence-corrected chi connectivity index (χ1v) is 7.41. The molecule has 1 unspecified atom stereocenters. The highest BCUT2D eigenvalue weighted by Crippen LogP contribution is 2.10. The lowest BCUT2D eigenvalue weighted by Gasteiger charge is -2.11. The molecule has 16 heavy (non-hydrogen) atoms. The molecule has 0 bridgehead atoms. The van der Waals surface area contributed by atoms with E-state index in [4.69, 9.17) is 0 Å². The molecule has 1 heterocycles. The van der Waals surface area contributed by atoms with E-state index >= 15 is 0 Å². The fraction of sp³-hybridized carbons (Fsp3) is 0.900. The third kappa shape index (κ3) is 4.94. The van der Waals surface area contributed by atoms with Gasteiger partial charge in [-0.15, -0.1) is 0 Å². The fourth-order valence-corrected chi connectivity index (χ4v) is 3.28. The van der Waals surface area contributed by atoms with Crippen molar-refractivity contribution in [3.8, 4) is 0 Å². The molecule has 1 atom stereocenters. The number of hydrogen-bond donors (Lipinski definition) is 2. The molecule has 0 radical (unpaired) electrons. The SMILES string of the molecule is CC(C)CNC(=O)CNC1CCS(=O)(=O)C1. The zero-order chi connectivity index (χ0) is 12.2. The molecule has 1 aliphatic heterocycles. The van der Waals surface area contributed by atoms with E-state index in [2.05, 4.69) is 10.6 Å². The van der Waals surface area contributed by atoms with Crippen LogP contribution in [0.15, 0.2) is 0 Å². The van der Waals surface area contributed by atoms with Gasteiger partial charge in [0.2, 0.25) is 5.91 Å². The molecule has 0 aromatic carbocycles. The highest BCUT2D eigenvalue weighted by atomic mass is 32.2. The van der Waals surface area contributed by atoms with E-state index in [0.717, 1.165) is 0 Å². The quantitative estimate of drug-likeness (QED) is 0.690. The van der Waals surface area contributed by atoms with Crippen LogP contribution in [0, 0.1) is 5.92 Å². The summed E-state index contributed by atoms with van der Waals surface area (Å²) >= 11 is 0. The molecule has 5 nitrogen and oxygen atoms in total. The van der Waals surface area contributed by atoms with E-state index in [1.807, 2.05) is 13.8 Å². The lowest BCUT2D eigenvalue weighted by Crippen LogP contribution is -2.40. The number of nitrogens with one attached hydrogen (secondary N) is 2. The van der Waals surface area contributed by atoms with Gasteiger partial charge in [-0.05, 0) is 12.3 Å². The van der Waals surface area contributed by atoms with Gasteiger partial charge in [-0.1, -0.05) is 13.8 Å². The molecule has 0 aromatic heterocycles. The van der Waals surface area contributed by atoms with E-state index in [0.29, 0.717) is 18.9 Å². The Morgan fingerprint density at radius 2 is 2.12 bits per heavy atom. The van der Waals surface area contributed by atoms with Crippen molar-refractivity contribution >= 4 is 15.7 Å². The number of carbonyl (C=O) groups excluding carboxylic acids is 1. The van der Waals surface area contributed by atoms with Crippen molar-refractivity contribution in [1.82, 2.24) is 10.6 Å². The lowest BCUT2D eigenvalue weighted by atomic mass is 10.2. The maximum Gasteiger partial charge on any atom is 0.233 e. The van der Waals surface area contributed by atoms with Gasteiger partial charge in [0.1, 0.15) is 0 Å². The summed E-state index contributed by atoms with van der Waals surface area (Å²) in [5.74, 6) is 0.747. The topological polar surface area (TPSA) is 75.3 Å². The number of carbonyl (C=O) groups is 1. The van der Waals surface area contributed by atoms with Gasteiger partial charge in [-0.25, -0.2) is 8.42 Å². The van der Waals surface area contributed by atoms with E-state index < -0.39 is 9.84 Å². The first-order chi connectivity index (χ1) is 7.39. The Kier molecular flexibility index (Phi) is 4.73. The smallest absolute Gasteiger partial charge is 0.233 e. The maximum absolute atomic E-state index is 11.3. The fourth-order valence-electron chi connectivity index (χ4n) is 1.57. The zero-order valence-corrected chi connectivity index (χ0v) is 10.6. The van der Waals surface area contributed by atoms with Crippen LogP contribution in [-0.2, 0) is 14.6 Å². The summed E-state index contributed by atoms with van der Waals surface area (Å²) in [6, 6.07) is -0.0604. The number of amides is 1. The van der Waals surface area contributed by atoms with Crippen molar-refractivity contribution in [2.75, 3.05) is 24.6 Å². The van der Waals surface area contributed by atoms with Crippen LogP contribution in [0.25, 0.3) is 0 Å². The molecule has 0 saturated carbocycles. The van der Waals surface area contributed by atoms with Crippen LogP contribution in [0.4, 0.5) is 0 Å². The molecular formula is C10H20N2O3S. The third-order valence-electron chi connectivity index (χ3n) is 2.49. The van der Waals surface area contributed by atoms with Crippen LogP contribution in [0.1, 0.15) is 20.3 Å². The van der Waals surface area contributed by atoms with Crippen LogP contribution < -0.4 is 10.6 Å². The second kappa shape index (κ2) is 5.63. The molecule has 2 N–H and O–H groups in total. The van der Waals surface area contributed by atoms with Crippen LogP contribution in [-0.4, -0.2) is 45.0 Å². The Morgan fingerprint density at radius 3 is 2.62 bits per heavy atom. The van der Waals surface area contributed by atoms with Crippen molar-refractivity contribution in [2.45, 2.75) is 26.3 Å². The minimum Gasteiger partial charge on any atom is -0.355 e. The van der Waals surface area contributed by atoms with Crippen molar-refractivity contribution in [1.29, 1.82) is 0 Å². The van der Waals surface area contributed by atoms with Crippen LogP contribution >= 0.6 is 0 Å². The molecule has 1 amide bonds. The Balaban J connectivity index is 2.18. The Morgan fingerprint density at radius 1 is 1.44 bits per heavy atom. The molecule has 94 valence electrons. The first-order valence-electron chi connectivity index (χ1n) is 5.59. The highest BCUT2D eigenvalue weighted by molar-refractivity contribution is 7.91. The Bertz CT molecular complexity index is 338. The predicted molar refractivity (Wildman–Crippen MR) is 62.9 cm³/mol. The molecule has 0 aromatic rings. The van der Waals surface area contributed by atoms with E-state index in [9.17, 15) is 13.2 Å². The average Bonchev–Trinajstić information content (AvgIpc) is 2.52. The summed E-state index contributed by atoms with van der Waals surface area (Å²) in [4.78, 5) is 11.3. The molecule has 1 fully saturated rings. The summed E-state index contributed by atoms with van der Waals surface area (Å²) in [6.07, 6.45) is 0.611. The van der Waals surface area contributed by atoms with Crippen molar-refractivity contribution in [3.63, 3.8) is 0 Å². The van der Waals surface area contributed by atoms with Gasteiger partial charge in [0.05, 0.1) is 18.1 Å². The number of hydrogen-bond acceptors (Lipinski definition) is 4. The highest BCUT2D eigenvalue weighted by Gasteiger charge is 2.27. The van der Waals surface area contributed by atoms with Gasteiger partial charge in [0.25, 0.3) is 0 Å². The lowest BCUT2D eigenvalue weighted by molar-refractivity contribution is -0.120. The largest absolute Gasteiger partial charge is 0.355 e. The first kappa shape index (κ1) is 13.4. The van der Waals surface area contributed by atoms with Gasteiger partial charge >= 0.3 is 0 Å². The zero-order valence-electron chi connectivity index (χ0n) is 9.82. The van der Waals surface area contributed by atoms with Gasteiger partial charge in [0.15, 0.2) is 9.84 Å². The molecule has 1 rings (SSSR count). The summed E-state index contributed by atoms with van der Waals surface area (Å²) < 4.78 is 22.3. The Hall–Kier alpha value is -0.620. The van der Waals surface area contributed by atoms with Crippen molar-refractivity contribution in [3.05, 3.63) is 0 Å². The monoisotopic (exact) mass is 248 g/mol. The maximum atomic E-state index is 11.3. The number of rotatable bonds is 5. The van der Waals surface area contributed by atoms with Gasteiger partial charge in [-0.3, -0.25) is 4.79 Å². The van der Waals surface area contributed by atoms with E-state index in [-0.39, 0.29) is 30.0 Å². The van der Waals surface area contributed by atoms with Crippen LogP contribution in [0.5, 0.6) is 0 Å². The van der Waals surface area contributed by atoms with Gasteiger partial charge < -0.3 is 10.6 Å². The average molecular weight is 248 g/mol. The molecule has 1 saturated heterocycles.